The molecule has 0 aromatic heterocycles. The second kappa shape index (κ2) is 19.7. The summed E-state index contributed by atoms with van der Waals surface area (Å²) in [5.74, 6) is -7.21. The van der Waals surface area contributed by atoms with Crippen LogP contribution in [-0.2, 0) is 46.4 Å². The average Bonchev–Trinajstić information content (AvgIpc) is 3.11. The molecule has 11 N–H and O–H groups in total. The molecule has 16 nitrogen and oxygen atoms in total. The maximum atomic E-state index is 13.9. The van der Waals surface area contributed by atoms with Crippen molar-refractivity contribution in [1.82, 2.24) is 26.6 Å². The zero-order chi connectivity index (χ0) is 40.1. The SMILES string of the molecule is CC(C)[C@H](NC(=O)[C@H](CC(=O)O)NC(=O)[C@@H](Cc1ccc2ccccc2c1)NC(=O)[C@@H](N)Cc1ccc(O)cc1)C(=O)N[C@H](C(=O)NCC(N)=O)C(C)C. The van der Waals surface area contributed by atoms with Gasteiger partial charge < -0.3 is 48.3 Å². The molecule has 16 heteroatoms. The van der Waals surface area contributed by atoms with Crippen molar-refractivity contribution in [3.05, 3.63) is 77.9 Å². The highest BCUT2D eigenvalue weighted by molar-refractivity contribution is 5.97. The molecule has 0 aliphatic rings. The molecule has 0 aliphatic heterocycles. The Kier molecular flexibility index (Phi) is 15.5. The van der Waals surface area contributed by atoms with Crippen LogP contribution < -0.4 is 38.1 Å². The van der Waals surface area contributed by atoms with Gasteiger partial charge in [0.2, 0.25) is 35.4 Å². The number of benzene rings is 3. The number of carboxylic acid groups (broad SMARTS) is 1. The third-order valence-electron chi connectivity index (χ3n) is 8.56. The van der Waals surface area contributed by atoms with E-state index in [0.717, 1.165) is 10.8 Å². The fraction of sp³-hybridized carbons (Fsp3) is 0.395. The summed E-state index contributed by atoms with van der Waals surface area (Å²) in [6, 6.07) is 12.6. The lowest BCUT2D eigenvalue weighted by Crippen LogP contribution is -2.61. The molecule has 0 saturated heterocycles. The Bertz CT molecular complexity index is 1830. The molecular formula is C38H49N7O9. The van der Waals surface area contributed by atoms with Gasteiger partial charge in [0.05, 0.1) is 19.0 Å². The topological polar surface area (TPSA) is 272 Å². The number of nitrogens with two attached hydrogens (primary N) is 2. The summed E-state index contributed by atoms with van der Waals surface area (Å²) in [7, 11) is 0. The first-order chi connectivity index (χ1) is 25.4. The Morgan fingerprint density at radius 2 is 1.17 bits per heavy atom. The van der Waals surface area contributed by atoms with Crippen LogP contribution in [0.15, 0.2) is 66.7 Å². The maximum Gasteiger partial charge on any atom is 0.305 e. The van der Waals surface area contributed by atoms with E-state index in [1.807, 2.05) is 36.4 Å². The van der Waals surface area contributed by atoms with Gasteiger partial charge in [-0.05, 0) is 52.3 Å². The second-order valence-corrected chi connectivity index (χ2v) is 13.7. The molecule has 0 bridgehead atoms. The number of fused-ring (bicyclic) bond motifs is 1. The van der Waals surface area contributed by atoms with Crippen LogP contribution in [0.3, 0.4) is 0 Å². The molecule has 5 atom stereocenters. The van der Waals surface area contributed by atoms with Gasteiger partial charge in [0.25, 0.3) is 0 Å². The summed E-state index contributed by atoms with van der Waals surface area (Å²) in [6.45, 7) is 6.09. The van der Waals surface area contributed by atoms with E-state index in [1.54, 1.807) is 45.9 Å². The quantitative estimate of drug-likeness (QED) is 0.0791. The highest BCUT2D eigenvalue weighted by Crippen LogP contribution is 2.18. The number of hydrogen-bond acceptors (Lipinski definition) is 9. The molecule has 3 rings (SSSR count). The number of phenols is 1. The first-order valence-corrected chi connectivity index (χ1v) is 17.5. The molecule has 3 aromatic carbocycles. The smallest absolute Gasteiger partial charge is 0.305 e. The Hall–Kier alpha value is -6.03. The van der Waals surface area contributed by atoms with Crippen LogP contribution in [0.25, 0.3) is 10.8 Å². The lowest BCUT2D eigenvalue weighted by Gasteiger charge is -2.29. The number of carboxylic acids is 1. The molecular weight excluding hydrogens is 698 g/mol. The molecule has 54 heavy (non-hydrogen) atoms. The summed E-state index contributed by atoms with van der Waals surface area (Å²) < 4.78 is 0. The predicted molar refractivity (Wildman–Crippen MR) is 199 cm³/mol. The zero-order valence-electron chi connectivity index (χ0n) is 30.6. The van der Waals surface area contributed by atoms with Crippen molar-refractivity contribution in [3.8, 4) is 5.75 Å². The molecule has 3 aromatic rings. The van der Waals surface area contributed by atoms with Crippen molar-refractivity contribution >= 4 is 52.2 Å². The van der Waals surface area contributed by atoms with Gasteiger partial charge in [0, 0.05) is 6.42 Å². The third-order valence-corrected chi connectivity index (χ3v) is 8.56. The number of aliphatic carboxylic acids is 1. The van der Waals surface area contributed by atoms with Gasteiger partial charge in [0.1, 0.15) is 29.9 Å². The molecule has 0 saturated carbocycles. The van der Waals surface area contributed by atoms with E-state index in [-0.39, 0.29) is 18.6 Å². The van der Waals surface area contributed by atoms with E-state index in [4.69, 9.17) is 11.5 Å². The monoisotopic (exact) mass is 747 g/mol. The molecule has 290 valence electrons. The largest absolute Gasteiger partial charge is 0.508 e. The number of amides is 6. The minimum Gasteiger partial charge on any atom is -0.508 e. The lowest BCUT2D eigenvalue weighted by molar-refractivity contribution is -0.141. The van der Waals surface area contributed by atoms with Gasteiger partial charge in [0.15, 0.2) is 0 Å². The fourth-order valence-corrected chi connectivity index (χ4v) is 5.58. The molecule has 0 fully saturated rings. The molecule has 0 heterocycles. The minimum absolute atomic E-state index is 0.0356. The van der Waals surface area contributed by atoms with Crippen molar-refractivity contribution in [2.45, 2.75) is 77.2 Å². The Labute approximate surface area is 312 Å². The number of carbonyl (C=O) groups is 7. The lowest BCUT2D eigenvalue weighted by atomic mass is 9.98. The molecule has 0 radical (unpaired) electrons. The van der Waals surface area contributed by atoms with Crippen molar-refractivity contribution in [2.24, 2.45) is 23.3 Å². The highest BCUT2D eigenvalue weighted by Gasteiger charge is 2.34. The van der Waals surface area contributed by atoms with Crippen LogP contribution in [0.2, 0.25) is 0 Å². The number of phenolic OH excluding ortho intramolecular Hbond substituents is 1. The van der Waals surface area contributed by atoms with Crippen LogP contribution >= 0.6 is 0 Å². The number of nitrogens with one attached hydrogen (secondary N) is 5. The van der Waals surface area contributed by atoms with Crippen LogP contribution in [0, 0.1) is 11.8 Å². The van der Waals surface area contributed by atoms with E-state index in [9.17, 15) is 43.8 Å². The summed E-state index contributed by atoms with van der Waals surface area (Å²) >= 11 is 0. The number of aromatic hydroxyl groups is 1. The highest BCUT2D eigenvalue weighted by atomic mass is 16.4. The molecule has 6 amide bonds. The van der Waals surface area contributed by atoms with Crippen LogP contribution in [0.1, 0.15) is 45.2 Å². The van der Waals surface area contributed by atoms with Gasteiger partial charge in [-0.15, -0.1) is 0 Å². The summed E-state index contributed by atoms with van der Waals surface area (Å²) in [6.07, 6.45) is -0.851. The minimum atomic E-state index is -1.69. The third kappa shape index (κ3) is 12.9. The number of primary amides is 1. The van der Waals surface area contributed by atoms with E-state index in [1.165, 1.54) is 12.1 Å². The standard InChI is InChI=1S/C38H49N7O9/c1-20(2)32(37(53)41-19-30(40)47)45-38(54)33(21(3)4)44-36(52)29(18-31(48)49)43-35(51)28(17-23-9-12-24-7-5-6-8-25(24)15-23)42-34(50)27(39)16-22-10-13-26(46)14-11-22/h5-15,20-21,27-29,32-33,46H,16-19,39H2,1-4H3,(H2,40,47)(H,41,53)(H,42,50)(H,43,51)(H,44,52)(H,45,54)(H,48,49)/t27-,28+,29-,32-,33-/m0/s1. The van der Waals surface area contributed by atoms with E-state index < -0.39 is 96.4 Å². The van der Waals surface area contributed by atoms with Crippen molar-refractivity contribution < 1.29 is 43.8 Å². The Morgan fingerprint density at radius 3 is 1.76 bits per heavy atom. The molecule has 0 spiro atoms. The van der Waals surface area contributed by atoms with Gasteiger partial charge >= 0.3 is 5.97 Å². The van der Waals surface area contributed by atoms with Gasteiger partial charge in [-0.1, -0.05) is 82.3 Å². The van der Waals surface area contributed by atoms with Gasteiger partial charge in [-0.25, -0.2) is 0 Å². The maximum absolute atomic E-state index is 13.9. The van der Waals surface area contributed by atoms with Gasteiger partial charge in [-0.2, -0.15) is 0 Å². The Balaban J connectivity index is 1.84. The average molecular weight is 748 g/mol. The number of hydrogen-bond donors (Lipinski definition) is 9. The van der Waals surface area contributed by atoms with E-state index in [0.29, 0.717) is 11.1 Å². The van der Waals surface area contributed by atoms with Gasteiger partial charge in [-0.3, -0.25) is 33.6 Å². The summed E-state index contributed by atoms with van der Waals surface area (Å²) in [4.78, 5) is 90.0. The first-order valence-electron chi connectivity index (χ1n) is 17.5. The molecule has 0 aliphatic carbocycles. The van der Waals surface area contributed by atoms with Crippen molar-refractivity contribution in [1.29, 1.82) is 0 Å². The fourth-order valence-electron chi connectivity index (χ4n) is 5.58. The summed E-state index contributed by atoms with van der Waals surface area (Å²) in [5.41, 5.74) is 12.6. The van der Waals surface area contributed by atoms with Crippen molar-refractivity contribution in [2.75, 3.05) is 6.54 Å². The van der Waals surface area contributed by atoms with Crippen molar-refractivity contribution in [3.63, 3.8) is 0 Å². The van der Waals surface area contributed by atoms with E-state index in [2.05, 4.69) is 26.6 Å². The zero-order valence-corrected chi connectivity index (χ0v) is 30.6. The van der Waals surface area contributed by atoms with Crippen LogP contribution in [0.4, 0.5) is 0 Å². The summed E-state index contributed by atoms with van der Waals surface area (Å²) in [5, 5.41) is 33.6. The Morgan fingerprint density at radius 1 is 0.630 bits per heavy atom. The number of rotatable bonds is 19. The second-order valence-electron chi connectivity index (χ2n) is 13.7. The number of carbonyl (C=O) groups excluding carboxylic acids is 6. The van der Waals surface area contributed by atoms with Crippen LogP contribution in [0.5, 0.6) is 5.75 Å². The first kappa shape index (κ1) is 42.4. The predicted octanol–water partition coefficient (Wildman–Crippen LogP) is -0.0147. The van der Waals surface area contributed by atoms with E-state index >= 15 is 0 Å². The molecule has 0 unspecified atom stereocenters. The van der Waals surface area contributed by atoms with Crippen LogP contribution in [-0.4, -0.2) is 88.4 Å². The normalized spacial score (nSPS) is 13.9.